The summed E-state index contributed by atoms with van der Waals surface area (Å²) >= 11 is 0. The van der Waals surface area contributed by atoms with Gasteiger partial charge in [-0.1, -0.05) is 14.9 Å². The minimum atomic E-state index is -0.923. The molecule has 2 aliphatic rings. The molecule has 0 spiro atoms. The van der Waals surface area contributed by atoms with Gasteiger partial charge in [-0.3, -0.25) is 24.6 Å². The minimum Gasteiger partial charge on any atom is -0.550 e. The number of carboxylic acid groups (broad SMARTS) is 1. The maximum absolute atomic E-state index is 11.6. The number of likely N-dealkylation sites (tertiary alicyclic amines) is 2. The predicted octanol–water partition coefficient (Wildman–Crippen LogP) is -0.659. The molecule has 212 valence electrons. The van der Waals surface area contributed by atoms with E-state index in [1.54, 1.807) is 24.8 Å². The fraction of sp³-hybridized carbons (Fsp3) is 0.571. The first kappa shape index (κ1) is 36.4. The van der Waals surface area contributed by atoms with E-state index in [0.29, 0.717) is 25.1 Å². The van der Waals surface area contributed by atoms with E-state index in [-0.39, 0.29) is 51.5 Å². The van der Waals surface area contributed by atoms with Gasteiger partial charge in [-0.05, 0) is 82.0 Å². The Morgan fingerprint density at radius 3 is 1.64 bits per heavy atom. The van der Waals surface area contributed by atoms with Crippen LogP contribution in [0.15, 0.2) is 36.9 Å². The second-order valence-electron chi connectivity index (χ2n) is 9.32. The largest absolute Gasteiger partial charge is 1.00 e. The van der Waals surface area contributed by atoms with E-state index in [1.165, 1.54) is 0 Å². The first-order valence-corrected chi connectivity index (χ1v) is 12.6. The molecule has 0 saturated carbocycles. The van der Waals surface area contributed by atoms with Crippen LogP contribution in [0.3, 0.4) is 0 Å². The summed E-state index contributed by atoms with van der Waals surface area (Å²) in [6, 6.07) is 3.85. The van der Waals surface area contributed by atoms with E-state index in [4.69, 9.17) is 16.2 Å². The number of pyridine rings is 2. The van der Waals surface area contributed by atoms with Crippen molar-refractivity contribution < 1.29 is 38.3 Å². The van der Waals surface area contributed by atoms with E-state index in [1.807, 2.05) is 19.1 Å². The molecule has 2 saturated heterocycles. The van der Waals surface area contributed by atoms with Gasteiger partial charge < -0.3 is 26.1 Å². The van der Waals surface area contributed by atoms with Crippen molar-refractivity contribution >= 4 is 23.3 Å². The Bertz CT molecular complexity index is 996. The predicted molar refractivity (Wildman–Crippen MR) is 148 cm³/mol. The van der Waals surface area contributed by atoms with Crippen molar-refractivity contribution in [3.8, 4) is 0 Å². The summed E-state index contributed by atoms with van der Waals surface area (Å²) in [5.41, 5.74) is 15.3. The van der Waals surface area contributed by atoms with Gasteiger partial charge in [0.05, 0.1) is 36.3 Å². The van der Waals surface area contributed by atoms with E-state index < -0.39 is 5.97 Å². The Morgan fingerprint density at radius 1 is 0.872 bits per heavy atom. The van der Waals surface area contributed by atoms with Gasteiger partial charge in [-0.15, -0.1) is 0 Å². The smallest absolute Gasteiger partial charge is 0.550 e. The summed E-state index contributed by atoms with van der Waals surface area (Å²) in [7, 11) is 0. The van der Waals surface area contributed by atoms with Crippen LogP contribution in [0.5, 0.6) is 0 Å². The Morgan fingerprint density at radius 2 is 1.28 bits per heavy atom. The number of nitrogens with zero attached hydrogens (tertiary/aromatic N) is 4. The summed E-state index contributed by atoms with van der Waals surface area (Å²) in [5.74, 6) is -1.20. The van der Waals surface area contributed by atoms with Crippen molar-refractivity contribution in [2.75, 3.05) is 44.3 Å². The fourth-order valence-electron chi connectivity index (χ4n) is 4.55. The van der Waals surface area contributed by atoms with E-state index in [9.17, 15) is 14.7 Å². The van der Waals surface area contributed by atoms with Gasteiger partial charge in [0.15, 0.2) is 0 Å². The summed E-state index contributed by atoms with van der Waals surface area (Å²) in [6.07, 6.45) is 9.86. The van der Waals surface area contributed by atoms with Crippen molar-refractivity contribution in [1.29, 1.82) is 0 Å². The molecule has 0 amide bonds. The number of aliphatic carboxylic acids is 1. The first-order valence-electron chi connectivity index (χ1n) is 12.6. The Kier molecular flexibility index (Phi) is 17.3. The molecule has 0 aliphatic carbocycles. The number of carbonyl (C=O) groups excluding carboxylic acids is 2. The van der Waals surface area contributed by atoms with Crippen LogP contribution in [0.1, 0.15) is 58.6 Å². The zero-order valence-corrected chi connectivity index (χ0v) is 22.0. The second kappa shape index (κ2) is 18.6. The van der Waals surface area contributed by atoms with Crippen LogP contribution >= 0.6 is 0 Å². The standard InChI is InChI=1S/C14H21N3O2.C12H17N3O2.2CH4.Li/c1-2-19-14(18)11-4-7-17(8-5-11)10-12-3-6-16-9-13(12)15;13-11-7-14-4-1-10(11)8-15-5-2-9(3-6-15)12(16)17;;;/h3,6,9,11H,2,4-5,7-8,10,15H2,1H3;1,4,7,9H,2-3,5-6,8,13H2,(H,16,17);2*1H4;/q;;;;+1/p-1. The van der Waals surface area contributed by atoms with E-state index in [2.05, 4.69) is 19.8 Å². The number of nitrogens with two attached hydrogens (primary N) is 2. The van der Waals surface area contributed by atoms with Crippen molar-refractivity contribution in [3.05, 3.63) is 48.0 Å². The van der Waals surface area contributed by atoms with Gasteiger partial charge in [0, 0.05) is 37.4 Å². The van der Waals surface area contributed by atoms with Gasteiger partial charge >= 0.3 is 24.8 Å². The Labute approximate surface area is 245 Å². The topological polar surface area (TPSA) is 151 Å². The number of piperidine rings is 2. The number of carboxylic acids is 1. The molecule has 2 fully saturated rings. The van der Waals surface area contributed by atoms with E-state index in [0.717, 1.165) is 68.9 Å². The van der Waals surface area contributed by atoms with Crippen LogP contribution < -0.4 is 35.4 Å². The molecule has 10 nitrogen and oxygen atoms in total. The van der Waals surface area contributed by atoms with Gasteiger partial charge in [-0.2, -0.15) is 0 Å². The third-order valence-corrected chi connectivity index (χ3v) is 6.81. The van der Waals surface area contributed by atoms with Gasteiger partial charge in [0.2, 0.25) is 0 Å². The van der Waals surface area contributed by atoms with Crippen molar-refractivity contribution in [2.45, 2.75) is 60.5 Å². The SMILES string of the molecule is C.C.CCOC(=O)C1CCN(Cc2ccncc2N)CC1.Nc1cnccc1CN1CCC(C(=O)[O-])CC1.[Li+]. The molecule has 0 unspecified atom stereocenters. The molecule has 0 aromatic carbocycles. The zero-order chi connectivity index (χ0) is 25.9. The molecular weight excluding hydrogens is 491 g/mol. The molecular formula is C28H45LiN6O4. The van der Waals surface area contributed by atoms with Crippen LogP contribution in [0, 0.1) is 11.8 Å². The maximum Gasteiger partial charge on any atom is 1.00 e. The average molecular weight is 537 g/mol. The molecule has 2 aromatic rings. The quantitative estimate of drug-likeness (QED) is 0.345. The fourth-order valence-corrected chi connectivity index (χ4v) is 4.55. The second-order valence-corrected chi connectivity index (χ2v) is 9.32. The molecule has 0 radical (unpaired) electrons. The maximum atomic E-state index is 11.6. The summed E-state index contributed by atoms with van der Waals surface area (Å²) in [5, 5.41) is 10.7. The Hall–Kier alpha value is -2.64. The zero-order valence-electron chi connectivity index (χ0n) is 22.0. The average Bonchev–Trinajstić information content (AvgIpc) is 2.88. The normalized spacial score (nSPS) is 16.3. The summed E-state index contributed by atoms with van der Waals surface area (Å²) < 4.78 is 5.07. The van der Waals surface area contributed by atoms with Crippen LogP contribution in [-0.2, 0) is 27.4 Å². The molecule has 4 N–H and O–H groups in total. The molecule has 2 aliphatic heterocycles. The van der Waals surface area contributed by atoms with Crippen LogP contribution in [0.2, 0.25) is 0 Å². The number of anilines is 2. The number of esters is 1. The van der Waals surface area contributed by atoms with Crippen molar-refractivity contribution in [3.63, 3.8) is 0 Å². The van der Waals surface area contributed by atoms with Crippen LogP contribution in [0.25, 0.3) is 0 Å². The first-order chi connectivity index (χ1) is 17.4. The number of nitrogen functional groups attached to an aromatic ring is 2. The molecule has 11 heteroatoms. The third kappa shape index (κ3) is 11.6. The van der Waals surface area contributed by atoms with E-state index >= 15 is 0 Å². The molecule has 39 heavy (non-hydrogen) atoms. The molecule has 0 atom stereocenters. The number of rotatable bonds is 7. The summed E-state index contributed by atoms with van der Waals surface area (Å²) in [6.45, 7) is 7.27. The monoisotopic (exact) mass is 536 g/mol. The number of aromatic nitrogens is 2. The minimum absolute atomic E-state index is 0. The number of ether oxygens (including phenoxy) is 1. The molecule has 0 bridgehead atoms. The van der Waals surface area contributed by atoms with Gasteiger partial charge in [-0.25, -0.2) is 0 Å². The van der Waals surface area contributed by atoms with Gasteiger partial charge in [0.1, 0.15) is 0 Å². The van der Waals surface area contributed by atoms with Gasteiger partial charge in [0.25, 0.3) is 0 Å². The van der Waals surface area contributed by atoms with Crippen LogP contribution in [0.4, 0.5) is 11.4 Å². The number of hydrogen-bond acceptors (Lipinski definition) is 10. The van der Waals surface area contributed by atoms with Crippen molar-refractivity contribution in [2.24, 2.45) is 11.8 Å². The van der Waals surface area contributed by atoms with Crippen LogP contribution in [-0.4, -0.2) is 64.5 Å². The molecule has 4 rings (SSSR count). The summed E-state index contributed by atoms with van der Waals surface area (Å²) in [4.78, 5) is 34.8. The van der Waals surface area contributed by atoms with Crippen molar-refractivity contribution in [1.82, 2.24) is 19.8 Å². The Balaban J connectivity index is 0.000000691. The number of carbonyl (C=O) groups is 2. The molecule has 2 aromatic heterocycles. The number of hydrogen-bond donors (Lipinski definition) is 2. The third-order valence-electron chi connectivity index (χ3n) is 6.81. The molecule has 4 heterocycles.